The van der Waals surface area contributed by atoms with E-state index in [0.29, 0.717) is 72.2 Å². The zero-order valence-corrected chi connectivity index (χ0v) is 44.6. The molecule has 0 saturated carbocycles. The summed E-state index contributed by atoms with van der Waals surface area (Å²) in [5, 5.41) is 44.3. The molecule has 0 rings (SSSR count). The van der Waals surface area contributed by atoms with Gasteiger partial charge >= 0.3 is 0 Å². The van der Waals surface area contributed by atoms with Gasteiger partial charge in [-0.25, -0.2) is 0 Å². The number of likely N-dealkylation sites (N-methyl/N-ethyl adjacent to an activating group) is 1. The molecule has 0 bridgehead atoms. The van der Waals surface area contributed by atoms with Gasteiger partial charge in [0.15, 0.2) is 33.3 Å². The normalized spacial score (nSPS) is 15.5. The van der Waals surface area contributed by atoms with Gasteiger partial charge in [-0.3, -0.25) is 0 Å². The lowest BCUT2D eigenvalue weighted by atomic mass is 10.1. The number of hydrogen-bond donors (Lipinski definition) is 5. The van der Waals surface area contributed by atoms with Gasteiger partial charge in [-0.15, -0.1) is 0 Å². The van der Waals surface area contributed by atoms with E-state index in [0.717, 1.165) is 80.3 Å². The maximum absolute atomic E-state index is 10.6. The monoisotopic (exact) mass is 916 g/mol. The minimum atomic E-state index is -1.85. The van der Waals surface area contributed by atoms with Crippen molar-refractivity contribution in [3.8, 4) is 0 Å². The molecule has 0 saturated heterocycles. The predicted molar refractivity (Wildman–Crippen MR) is 255 cm³/mol. The second kappa shape index (κ2) is 33.0. The molecule has 0 radical (unpaired) electrons. The Bertz CT molecular complexity index is 1000. The first-order valence-electron chi connectivity index (χ1n) is 23.4. The summed E-state index contributed by atoms with van der Waals surface area (Å²) in [5.41, 5.74) is 0. The average Bonchev–Trinajstić information content (AvgIpc) is 3.11. The summed E-state index contributed by atoms with van der Waals surface area (Å²) in [5.74, 6) is 0. The van der Waals surface area contributed by atoms with Crippen molar-refractivity contribution in [3.63, 3.8) is 0 Å². The highest BCUT2D eigenvalue weighted by molar-refractivity contribution is 6.85. The summed E-state index contributed by atoms with van der Waals surface area (Å²) in [7, 11) is -0.883. The number of quaternary nitrogens is 1. The summed E-state index contributed by atoms with van der Waals surface area (Å²) in [4.78, 5) is 0. The highest BCUT2D eigenvalue weighted by Crippen LogP contribution is 2.25. The van der Waals surface area contributed by atoms with E-state index >= 15 is 0 Å². The van der Waals surface area contributed by atoms with Gasteiger partial charge in [0.2, 0.25) is 0 Å². The lowest BCUT2D eigenvalue weighted by Gasteiger charge is -2.34. The number of aliphatic hydroxyl groups excluding tert-OH is 4. The van der Waals surface area contributed by atoms with Crippen LogP contribution in [0.25, 0.3) is 0 Å². The van der Waals surface area contributed by atoms with E-state index in [2.05, 4.69) is 71.8 Å². The van der Waals surface area contributed by atoms with Crippen molar-refractivity contribution >= 4 is 33.3 Å². The number of nitrogens with zero attached hydrogens (tertiary/aromatic N) is 1. The number of unbranched alkanes of at least 4 members (excludes halogenated alkanes) is 3. The molecule has 12 nitrogen and oxygen atoms in total. The van der Waals surface area contributed by atoms with Crippen LogP contribution in [0, 0.1) is 0 Å². The Morgan fingerprint density at radius 3 is 1.20 bits per heavy atom. The molecule has 0 aliphatic carbocycles. The van der Waals surface area contributed by atoms with Gasteiger partial charge in [-0.2, -0.15) is 0 Å². The first-order chi connectivity index (χ1) is 27.5. The fraction of sp³-hybridized carbons (Fsp3) is 1.00. The molecule has 16 heteroatoms. The van der Waals surface area contributed by atoms with Crippen LogP contribution in [0.15, 0.2) is 0 Å². The van der Waals surface area contributed by atoms with Gasteiger partial charge in [0, 0.05) is 26.4 Å². The van der Waals surface area contributed by atoms with Crippen molar-refractivity contribution in [2.24, 2.45) is 0 Å². The summed E-state index contributed by atoms with van der Waals surface area (Å²) >= 11 is 0. The Morgan fingerprint density at radius 1 is 0.475 bits per heavy atom. The fourth-order valence-corrected chi connectivity index (χ4v) is 25.3. The molecule has 59 heavy (non-hydrogen) atoms. The molecule has 0 aromatic heterocycles. The molecular weight excluding hydrogens is 817 g/mol. The van der Waals surface area contributed by atoms with Crippen LogP contribution in [0.5, 0.6) is 0 Å². The highest BCUT2D eigenvalue weighted by Gasteiger charge is 2.33. The fourth-order valence-electron chi connectivity index (χ4n) is 7.76. The smallest absolute Gasteiger partial charge is 0.173 e. The van der Waals surface area contributed by atoms with Gasteiger partial charge in [0.05, 0.1) is 65.4 Å². The predicted octanol–water partition coefficient (Wildman–Crippen LogP) is 7.35. The zero-order valence-electron chi connectivity index (χ0n) is 40.6. The quantitative estimate of drug-likeness (QED) is 0.0238. The first kappa shape index (κ1) is 59.4. The van der Waals surface area contributed by atoms with Crippen LogP contribution in [0.4, 0.5) is 0 Å². The van der Waals surface area contributed by atoms with Gasteiger partial charge in [0.1, 0.15) is 12.6 Å². The van der Waals surface area contributed by atoms with Crippen molar-refractivity contribution in [1.82, 2.24) is 5.32 Å². The summed E-state index contributed by atoms with van der Waals surface area (Å²) in [6.45, 7) is 27.2. The minimum Gasteiger partial charge on any atom is -0.455 e. The maximum Gasteiger partial charge on any atom is 0.173 e. The molecule has 0 aromatic carbocycles. The molecule has 0 heterocycles. The van der Waals surface area contributed by atoms with Crippen LogP contribution in [0.1, 0.15) is 84.0 Å². The molecule has 0 spiro atoms. The Kier molecular flexibility index (Phi) is 33.2. The topological polar surface area (TPSA) is 148 Å². The van der Waals surface area contributed by atoms with E-state index in [1.165, 1.54) is 25.7 Å². The molecular formula is C43H99N2O10Si4+. The lowest BCUT2D eigenvalue weighted by molar-refractivity contribution is -0.893. The summed E-state index contributed by atoms with van der Waals surface area (Å²) in [6.07, 6.45) is 9.44. The number of hydrogen-bond acceptors (Lipinski definition) is 11. The zero-order chi connectivity index (χ0) is 44.9. The van der Waals surface area contributed by atoms with Crippen LogP contribution < -0.4 is 5.32 Å². The Balaban J connectivity index is 4.03. The maximum atomic E-state index is 10.6. The van der Waals surface area contributed by atoms with E-state index < -0.39 is 51.6 Å². The molecule has 0 aliphatic heterocycles. The largest absolute Gasteiger partial charge is 0.455 e. The van der Waals surface area contributed by atoms with Crippen molar-refractivity contribution < 1.29 is 52.1 Å². The molecule has 0 aromatic rings. The van der Waals surface area contributed by atoms with E-state index in [1.54, 1.807) is 0 Å². The third-order valence-electron chi connectivity index (χ3n) is 10.8. The third kappa shape index (κ3) is 37.5. The molecule has 4 atom stereocenters. The Hall–Kier alpha value is 0.388. The van der Waals surface area contributed by atoms with Crippen LogP contribution >= 0.6 is 0 Å². The van der Waals surface area contributed by atoms with Crippen molar-refractivity contribution in [2.45, 2.75) is 185 Å². The molecule has 0 amide bonds. The molecule has 4 unspecified atom stereocenters. The van der Waals surface area contributed by atoms with Crippen molar-refractivity contribution in [1.29, 1.82) is 0 Å². The van der Waals surface area contributed by atoms with E-state index in [-0.39, 0.29) is 6.10 Å². The SMILES string of the molecule is CCC(O)COCCC[Si](C)(C)O[Si](C)(C)CCCOCC(O)CCCC(O)COCCC[Si](C)(C)O[Si](C)(C)CCCOCC(O)C[N+](C)(C)CCCCCCNC. The molecule has 0 aliphatic rings. The molecule has 0 fully saturated rings. The van der Waals surface area contributed by atoms with E-state index in [1.807, 2.05) is 14.0 Å². The third-order valence-corrected chi connectivity index (χ3v) is 25.9. The van der Waals surface area contributed by atoms with Crippen LogP contribution in [-0.4, -0.2) is 176 Å². The van der Waals surface area contributed by atoms with Crippen LogP contribution in [0.2, 0.25) is 76.6 Å². The summed E-state index contributed by atoms with van der Waals surface area (Å²) in [6, 6.07) is 4.14. The van der Waals surface area contributed by atoms with Crippen molar-refractivity contribution in [3.05, 3.63) is 0 Å². The average molecular weight is 917 g/mol. The standard InChI is InChI=1S/C43H99N2O10Si4/c1-13-40(46)36-50-27-19-31-56(5,6)54-57(7,8)32-20-28-51-37-41(47)23-18-24-42(48)38-52-29-21-33-58(9,10)55-59(11,12)34-22-30-53-39-43(49)35-45(3,4)26-17-15-14-16-25-44-2/h40-44,46-49H,13-39H2,1-12H3/q+1. The van der Waals surface area contributed by atoms with Gasteiger partial charge in [-0.1, -0.05) is 13.3 Å². The van der Waals surface area contributed by atoms with Crippen LogP contribution in [-0.2, 0) is 27.2 Å². The van der Waals surface area contributed by atoms with E-state index in [9.17, 15) is 20.4 Å². The second-order valence-corrected chi connectivity index (χ2v) is 38.0. The Labute approximate surface area is 367 Å². The highest BCUT2D eigenvalue weighted by atomic mass is 28.4. The van der Waals surface area contributed by atoms with Gasteiger partial charge in [0.25, 0.3) is 0 Å². The van der Waals surface area contributed by atoms with Crippen LogP contribution in [0.3, 0.4) is 0 Å². The number of nitrogens with one attached hydrogen (secondary N) is 1. The number of aliphatic hydroxyl groups is 4. The second-order valence-electron chi connectivity index (χ2n) is 20.3. The number of ether oxygens (including phenoxy) is 4. The van der Waals surface area contributed by atoms with Gasteiger partial charge < -0.3 is 57.4 Å². The first-order valence-corrected chi connectivity index (χ1v) is 35.9. The lowest BCUT2D eigenvalue weighted by Crippen LogP contribution is -2.47. The number of rotatable bonds is 42. The minimum absolute atomic E-state index is 0.316. The Morgan fingerprint density at radius 2 is 0.831 bits per heavy atom. The molecule has 356 valence electrons. The van der Waals surface area contributed by atoms with E-state index in [4.69, 9.17) is 27.2 Å². The van der Waals surface area contributed by atoms with Gasteiger partial charge in [-0.05, 0) is 161 Å². The van der Waals surface area contributed by atoms with Crippen molar-refractivity contribution in [2.75, 3.05) is 93.6 Å². The molecule has 5 N–H and O–H groups in total. The summed E-state index contributed by atoms with van der Waals surface area (Å²) < 4.78 is 37.5.